The van der Waals surface area contributed by atoms with Gasteiger partial charge in [0.1, 0.15) is 18.2 Å². The Kier molecular flexibility index (Phi) is 7.48. The van der Waals surface area contributed by atoms with Gasteiger partial charge in [0, 0.05) is 5.39 Å². The van der Waals surface area contributed by atoms with E-state index >= 15 is 4.39 Å². The van der Waals surface area contributed by atoms with Gasteiger partial charge >= 0.3 is 0 Å². The summed E-state index contributed by atoms with van der Waals surface area (Å²) in [6.07, 6.45) is 16.8. The van der Waals surface area contributed by atoms with Gasteiger partial charge in [-0.25, -0.2) is 4.39 Å². The van der Waals surface area contributed by atoms with Crippen molar-refractivity contribution in [3.05, 3.63) is 67.0 Å². The molecule has 31 heavy (non-hydrogen) atoms. The quantitative estimate of drug-likeness (QED) is 0.388. The van der Waals surface area contributed by atoms with Crippen LogP contribution in [0.1, 0.15) is 75.7 Å². The lowest BCUT2D eigenvalue weighted by atomic mass is 9.74. The van der Waals surface area contributed by atoms with E-state index in [0.717, 1.165) is 47.3 Å². The number of hydrogen-bond donors (Lipinski definition) is 0. The summed E-state index contributed by atoms with van der Waals surface area (Å²) in [6, 6.07) is 9.71. The SMILES string of the molecule is C=CCOc1ccc2c(F)c(C3CCC(CCC4CCC(C=C)CC4)CC3)ccc2c1. The third kappa shape index (κ3) is 5.40. The topological polar surface area (TPSA) is 9.23 Å². The van der Waals surface area contributed by atoms with E-state index in [1.807, 2.05) is 24.3 Å². The number of ether oxygens (including phenoxy) is 1. The van der Waals surface area contributed by atoms with Crippen molar-refractivity contribution in [1.29, 1.82) is 0 Å². The van der Waals surface area contributed by atoms with Crippen LogP contribution < -0.4 is 4.74 Å². The van der Waals surface area contributed by atoms with Crippen molar-refractivity contribution in [2.75, 3.05) is 6.61 Å². The van der Waals surface area contributed by atoms with E-state index in [4.69, 9.17) is 4.74 Å². The highest BCUT2D eigenvalue weighted by molar-refractivity contribution is 5.85. The van der Waals surface area contributed by atoms with Crippen molar-refractivity contribution in [2.45, 2.75) is 70.1 Å². The van der Waals surface area contributed by atoms with Crippen LogP contribution in [0.15, 0.2) is 55.6 Å². The first-order chi connectivity index (χ1) is 15.2. The standard InChI is InChI=1S/C29H37FO/c1-3-19-31-26-16-18-28-25(20-26)15-17-27(29(28)30)24-13-11-23(12-14-24)10-9-22-7-5-21(4-2)6-8-22/h3-4,15-18,20-24H,1-2,5-14,19H2. The lowest BCUT2D eigenvalue weighted by Gasteiger charge is -2.31. The van der Waals surface area contributed by atoms with E-state index in [1.54, 1.807) is 6.08 Å². The van der Waals surface area contributed by atoms with Crippen molar-refractivity contribution in [1.82, 2.24) is 0 Å². The third-order valence-electron chi connectivity index (χ3n) is 7.82. The van der Waals surface area contributed by atoms with Crippen LogP contribution in [0.25, 0.3) is 10.8 Å². The molecule has 0 bridgehead atoms. The minimum atomic E-state index is -0.0322. The lowest BCUT2D eigenvalue weighted by Crippen LogP contribution is -2.17. The van der Waals surface area contributed by atoms with Crippen LogP contribution in [0.3, 0.4) is 0 Å². The molecule has 2 aliphatic rings. The number of benzene rings is 2. The Labute approximate surface area is 187 Å². The Morgan fingerprint density at radius 3 is 2.19 bits per heavy atom. The number of fused-ring (bicyclic) bond motifs is 1. The van der Waals surface area contributed by atoms with Crippen LogP contribution in [0.4, 0.5) is 4.39 Å². The summed E-state index contributed by atoms with van der Waals surface area (Å²) < 4.78 is 20.9. The van der Waals surface area contributed by atoms with Gasteiger partial charge in [-0.3, -0.25) is 0 Å². The fourth-order valence-corrected chi connectivity index (χ4v) is 5.79. The van der Waals surface area contributed by atoms with Gasteiger partial charge in [-0.1, -0.05) is 43.7 Å². The molecule has 0 unspecified atom stereocenters. The number of rotatable bonds is 8. The Morgan fingerprint density at radius 1 is 0.871 bits per heavy atom. The van der Waals surface area contributed by atoms with Crippen molar-refractivity contribution in [3.8, 4) is 5.75 Å². The van der Waals surface area contributed by atoms with Crippen LogP contribution in [-0.4, -0.2) is 6.61 Å². The van der Waals surface area contributed by atoms with E-state index in [2.05, 4.69) is 25.3 Å². The molecule has 2 saturated carbocycles. The normalized spacial score (nSPS) is 26.5. The van der Waals surface area contributed by atoms with Crippen molar-refractivity contribution >= 4 is 10.8 Å². The molecule has 0 aliphatic heterocycles. The maximum Gasteiger partial charge on any atom is 0.134 e. The second-order valence-corrected chi connectivity index (χ2v) is 9.76. The van der Waals surface area contributed by atoms with Crippen LogP contribution in [0.2, 0.25) is 0 Å². The molecule has 2 fully saturated rings. The molecular formula is C29H37FO. The molecule has 0 aromatic heterocycles. The molecule has 2 heteroatoms. The zero-order valence-electron chi connectivity index (χ0n) is 18.8. The van der Waals surface area contributed by atoms with Gasteiger partial charge < -0.3 is 4.74 Å². The smallest absolute Gasteiger partial charge is 0.134 e. The molecule has 1 nitrogen and oxygen atoms in total. The summed E-state index contributed by atoms with van der Waals surface area (Å²) in [4.78, 5) is 0. The van der Waals surface area contributed by atoms with Gasteiger partial charge in [0.15, 0.2) is 0 Å². The molecule has 0 amide bonds. The molecule has 0 radical (unpaired) electrons. The lowest BCUT2D eigenvalue weighted by molar-refractivity contribution is 0.245. The summed E-state index contributed by atoms with van der Waals surface area (Å²) in [5.74, 6) is 3.61. The third-order valence-corrected chi connectivity index (χ3v) is 7.82. The van der Waals surface area contributed by atoms with Crippen LogP contribution in [0.5, 0.6) is 5.75 Å². The molecule has 0 saturated heterocycles. The summed E-state index contributed by atoms with van der Waals surface area (Å²) in [5.41, 5.74) is 0.911. The Morgan fingerprint density at radius 2 is 1.55 bits per heavy atom. The average Bonchev–Trinajstić information content (AvgIpc) is 2.82. The van der Waals surface area contributed by atoms with E-state index < -0.39 is 0 Å². The summed E-state index contributed by atoms with van der Waals surface area (Å²) >= 11 is 0. The van der Waals surface area contributed by atoms with Crippen molar-refractivity contribution < 1.29 is 9.13 Å². The molecule has 0 atom stereocenters. The molecule has 0 N–H and O–H groups in total. The average molecular weight is 421 g/mol. The largest absolute Gasteiger partial charge is 0.490 e. The minimum absolute atomic E-state index is 0.0322. The van der Waals surface area contributed by atoms with Crippen LogP contribution >= 0.6 is 0 Å². The van der Waals surface area contributed by atoms with E-state index in [1.165, 1.54) is 51.4 Å². The Hall–Kier alpha value is -2.09. The van der Waals surface area contributed by atoms with Gasteiger partial charge in [0.05, 0.1) is 0 Å². The van der Waals surface area contributed by atoms with Crippen molar-refractivity contribution in [3.63, 3.8) is 0 Å². The molecule has 2 aliphatic carbocycles. The molecule has 166 valence electrons. The number of allylic oxidation sites excluding steroid dienone is 1. The van der Waals surface area contributed by atoms with Crippen LogP contribution in [0, 0.1) is 23.6 Å². The second kappa shape index (κ2) is 10.5. The van der Waals surface area contributed by atoms with Gasteiger partial charge in [-0.05, 0) is 104 Å². The predicted molar refractivity (Wildman–Crippen MR) is 129 cm³/mol. The zero-order chi connectivity index (χ0) is 21.6. The summed E-state index contributed by atoms with van der Waals surface area (Å²) in [5, 5.41) is 1.61. The number of hydrogen-bond acceptors (Lipinski definition) is 1. The van der Waals surface area contributed by atoms with Gasteiger partial charge in [-0.15, -0.1) is 6.58 Å². The van der Waals surface area contributed by atoms with Crippen LogP contribution in [-0.2, 0) is 0 Å². The van der Waals surface area contributed by atoms with Crippen molar-refractivity contribution in [2.24, 2.45) is 17.8 Å². The highest BCUT2D eigenvalue weighted by Crippen LogP contribution is 2.41. The van der Waals surface area contributed by atoms with E-state index in [9.17, 15) is 0 Å². The highest BCUT2D eigenvalue weighted by atomic mass is 19.1. The first-order valence-electron chi connectivity index (χ1n) is 12.3. The minimum Gasteiger partial charge on any atom is -0.490 e. The monoisotopic (exact) mass is 420 g/mol. The van der Waals surface area contributed by atoms with E-state index in [0.29, 0.717) is 17.9 Å². The van der Waals surface area contributed by atoms with Gasteiger partial charge in [0.2, 0.25) is 0 Å². The molecule has 0 heterocycles. The second-order valence-electron chi connectivity index (χ2n) is 9.76. The first-order valence-corrected chi connectivity index (χ1v) is 12.3. The fraction of sp³-hybridized carbons (Fsp3) is 0.517. The summed E-state index contributed by atoms with van der Waals surface area (Å²) in [6.45, 7) is 8.10. The maximum atomic E-state index is 15.3. The Bertz CT molecular complexity index is 885. The molecule has 2 aromatic rings. The molecule has 0 spiro atoms. The predicted octanol–water partition coefficient (Wildman–Crippen LogP) is 8.59. The van der Waals surface area contributed by atoms with E-state index in [-0.39, 0.29) is 5.82 Å². The number of halogens is 1. The maximum absolute atomic E-state index is 15.3. The fourth-order valence-electron chi connectivity index (χ4n) is 5.79. The van der Waals surface area contributed by atoms with Gasteiger partial charge in [0.25, 0.3) is 0 Å². The first kappa shape index (κ1) is 22.1. The molecular weight excluding hydrogens is 383 g/mol. The van der Waals surface area contributed by atoms with Gasteiger partial charge in [-0.2, -0.15) is 0 Å². The molecule has 4 rings (SSSR count). The summed E-state index contributed by atoms with van der Waals surface area (Å²) in [7, 11) is 0. The highest BCUT2D eigenvalue weighted by Gasteiger charge is 2.26. The Balaban J connectivity index is 1.31. The molecule has 2 aromatic carbocycles. The zero-order valence-corrected chi connectivity index (χ0v) is 18.8.